The predicted octanol–water partition coefficient (Wildman–Crippen LogP) is -4.48. The number of hydrogen-bond acceptors (Lipinski definition) is 8. The highest BCUT2D eigenvalue weighted by Crippen LogP contribution is 2.10. The average molecular weight is 473 g/mol. The van der Waals surface area contributed by atoms with E-state index in [9.17, 15) is 38.7 Å². The molecule has 5 atom stereocenters. The summed E-state index contributed by atoms with van der Waals surface area (Å²) in [6.07, 6.45) is -1.50. The first-order chi connectivity index (χ1) is 15.2. The van der Waals surface area contributed by atoms with Crippen LogP contribution in [0.25, 0.3) is 0 Å². The molecule has 0 radical (unpaired) electrons. The first kappa shape index (κ1) is 29.2. The van der Waals surface area contributed by atoms with Gasteiger partial charge in [0, 0.05) is 0 Å². The zero-order valence-electron chi connectivity index (χ0n) is 18.3. The second-order valence-corrected chi connectivity index (χ2v) is 7.45. The Morgan fingerprint density at radius 1 is 0.727 bits per heavy atom. The molecule has 0 saturated carbocycles. The first-order valence-corrected chi connectivity index (χ1v) is 9.93. The Bertz CT molecular complexity index is 788. The minimum atomic E-state index is -1.63. The van der Waals surface area contributed by atoms with E-state index in [-0.39, 0.29) is 0 Å². The van der Waals surface area contributed by atoms with Crippen molar-refractivity contribution in [3.63, 3.8) is 0 Å². The van der Waals surface area contributed by atoms with Gasteiger partial charge < -0.3 is 44.0 Å². The molecule has 0 aromatic rings. The van der Waals surface area contributed by atoms with Gasteiger partial charge in [-0.15, -0.1) is 0 Å². The molecule has 0 saturated heterocycles. The molecule has 0 heterocycles. The van der Waals surface area contributed by atoms with Gasteiger partial charge in [-0.3, -0.25) is 28.8 Å². The van der Waals surface area contributed by atoms with Crippen LogP contribution >= 0.6 is 0 Å². The van der Waals surface area contributed by atoms with Crippen LogP contribution in [-0.4, -0.2) is 70.7 Å². The number of amides is 6. The van der Waals surface area contributed by atoms with E-state index < -0.39 is 90.8 Å². The minimum Gasteiger partial charge on any atom is -0.480 e. The summed E-state index contributed by atoms with van der Waals surface area (Å²) >= 11 is 0. The van der Waals surface area contributed by atoms with Crippen LogP contribution < -0.4 is 38.9 Å². The fraction of sp³-hybridized carbons (Fsp3) is 0.611. The lowest BCUT2D eigenvalue weighted by Gasteiger charge is -2.27. The van der Waals surface area contributed by atoms with Gasteiger partial charge in [-0.25, -0.2) is 4.79 Å². The molecule has 5 unspecified atom stereocenters. The lowest BCUT2D eigenvalue weighted by molar-refractivity contribution is -0.144. The highest BCUT2D eigenvalue weighted by Gasteiger charge is 2.33. The SMILES string of the molecule is CCC(C)C(NC(=O)C(CC(N)=O)NC(=O)C(N)CC(N)=O)C(=O)NC(CC(N)=O)C(=O)O. The van der Waals surface area contributed by atoms with Crippen molar-refractivity contribution in [2.24, 2.45) is 28.9 Å². The van der Waals surface area contributed by atoms with Crippen molar-refractivity contribution >= 4 is 41.4 Å². The third-order valence-corrected chi connectivity index (χ3v) is 4.61. The molecular formula is C18H31N7O8. The molecule has 0 aliphatic heterocycles. The van der Waals surface area contributed by atoms with Crippen molar-refractivity contribution in [1.29, 1.82) is 0 Å². The Kier molecular flexibility index (Phi) is 12.1. The lowest BCUT2D eigenvalue weighted by Crippen LogP contribution is -2.59. The summed E-state index contributed by atoms with van der Waals surface area (Å²) in [5, 5.41) is 15.8. The second kappa shape index (κ2) is 13.6. The van der Waals surface area contributed by atoms with Gasteiger partial charge in [-0.2, -0.15) is 0 Å². The summed E-state index contributed by atoms with van der Waals surface area (Å²) < 4.78 is 0. The molecule has 0 aliphatic rings. The quantitative estimate of drug-likeness (QED) is 0.114. The molecule has 0 rings (SSSR count). The van der Waals surface area contributed by atoms with Crippen LogP contribution in [0.15, 0.2) is 0 Å². The van der Waals surface area contributed by atoms with Crippen LogP contribution in [0.3, 0.4) is 0 Å². The maximum atomic E-state index is 12.8. The average Bonchev–Trinajstić information content (AvgIpc) is 2.68. The van der Waals surface area contributed by atoms with Gasteiger partial charge in [-0.1, -0.05) is 20.3 Å². The predicted molar refractivity (Wildman–Crippen MR) is 112 cm³/mol. The summed E-state index contributed by atoms with van der Waals surface area (Å²) in [4.78, 5) is 82.2. The van der Waals surface area contributed by atoms with E-state index in [1.165, 1.54) is 0 Å². The first-order valence-electron chi connectivity index (χ1n) is 9.93. The van der Waals surface area contributed by atoms with Crippen molar-refractivity contribution in [3.8, 4) is 0 Å². The molecule has 186 valence electrons. The highest BCUT2D eigenvalue weighted by molar-refractivity contribution is 5.97. The smallest absolute Gasteiger partial charge is 0.326 e. The number of nitrogens with one attached hydrogen (secondary N) is 3. The van der Waals surface area contributed by atoms with Crippen molar-refractivity contribution in [2.75, 3.05) is 0 Å². The van der Waals surface area contributed by atoms with Gasteiger partial charge in [0.2, 0.25) is 35.4 Å². The number of carboxylic acids is 1. The van der Waals surface area contributed by atoms with Crippen LogP contribution in [0, 0.1) is 5.92 Å². The van der Waals surface area contributed by atoms with Crippen LogP contribution in [0.2, 0.25) is 0 Å². The monoisotopic (exact) mass is 473 g/mol. The third kappa shape index (κ3) is 10.9. The summed E-state index contributed by atoms with van der Waals surface area (Å²) in [5.74, 6) is -7.73. The summed E-state index contributed by atoms with van der Waals surface area (Å²) in [5.41, 5.74) is 20.6. The molecule has 15 heteroatoms. The fourth-order valence-electron chi connectivity index (χ4n) is 2.62. The summed E-state index contributed by atoms with van der Waals surface area (Å²) in [6, 6.07) is -5.88. The largest absolute Gasteiger partial charge is 0.480 e. The van der Waals surface area contributed by atoms with Crippen LogP contribution in [0.1, 0.15) is 39.5 Å². The molecule has 33 heavy (non-hydrogen) atoms. The van der Waals surface area contributed by atoms with Gasteiger partial charge in [0.1, 0.15) is 18.1 Å². The van der Waals surface area contributed by atoms with Gasteiger partial charge in [0.05, 0.1) is 25.3 Å². The maximum Gasteiger partial charge on any atom is 0.326 e. The van der Waals surface area contributed by atoms with E-state index in [4.69, 9.17) is 22.9 Å². The van der Waals surface area contributed by atoms with E-state index in [1.807, 2.05) is 0 Å². The molecule has 0 fully saturated rings. The van der Waals surface area contributed by atoms with Crippen molar-refractivity contribution < 1.29 is 38.7 Å². The van der Waals surface area contributed by atoms with E-state index in [1.54, 1.807) is 13.8 Å². The third-order valence-electron chi connectivity index (χ3n) is 4.61. The van der Waals surface area contributed by atoms with E-state index in [2.05, 4.69) is 16.0 Å². The van der Waals surface area contributed by atoms with E-state index in [0.717, 1.165) is 0 Å². The Morgan fingerprint density at radius 2 is 1.18 bits per heavy atom. The van der Waals surface area contributed by atoms with Gasteiger partial charge in [-0.05, 0) is 5.92 Å². The van der Waals surface area contributed by atoms with E-state index in [0.29, 0.717) is 6.42 Å². The maximum absolute atomic E-state index is 12.8. The number of nitrogens with two attached hydrogens (primary N) is 4. The molecule has 15 nitrogen and oxygen atoms in total. The van der Waals surface area contributed by atoms with Crippen LogP contribution in [0.4, 0.5) is 0 Å². The van der Waals surface area contributed by atoms with Crippen LogP contribution in [-0.2, 0) is 33.6 Å². The number of rotatable bonds is 15. The normalized spacial score (nSPS) is 15.1. The van der Waals surface area contributed by atoms with Crippen LogP contribution in [0.5, 0.6) is 0 Å². The number of carbonyl (C=O) groups is 7. The standard InChI is InChI=1S/C18H31N7O8/c1-3-7(2)14(17(31)24-10(18(32)33)6-13(22)28)25-16(30)9(5-12(21)27)23-15(29)8(19)4-11(20)26/h7-10,14H,3-6,19H2,1-2H3,(H2,20,26)(H2,21,27)(H2,22,28)(H,23,29)(H,24,31)(H,25,30)(H,32,33). The number of carbonyl (C=O) groups excluding carboxylic acids is 6. The second-order valence-electron chi connectivity index (χ2n) is 7.45. The van der Waals surface area contributed by atoms with Gasteiger partial charge >= 0.3 is 5.97 Å². The van der Waals surface area contributed by atoms with Crippen molar-refractivity contribution in [1.82, 2.24) is 16.0 Å². The molecule has 0 aromatic heterocycles. The topological polar surface area (TPSA) is 280 Å². The molecule has 0 aliphatic carbocycles. The number of hydrogen-bond donors (Lipinski definition) is 8. The molecule has 0 aromatic carbocycles. The lowest BCUT2D eigenvalue weighted by atomic mass is 9.97. The Hall–Kier alpha value is -3.75. The Balaban J connectivity index is 5.61. The summed E-state index contributed by atoms with van der Waals surface area (Å²) in [7, 11) is 0. The number of primary amides is 3. The van der Waals surface area contributed by atoms with E-state index >= 15 is 0 Å². The van der Waals surface area contributed by atoms with Crippen molar-refractivity contribution in [2.45, 2.75) is 63.7 Å². The zero-order chi connectivity index (χ0) is 25.9. The number of aliphatic carboxylic acids is 1. The molecule has 0 bridgehead atoms. The molecular weight excluding hydrogens is 442 g/mol. The number of carboxylic acid groups (broad SMARTS) is 1. The fourth-order valence-corrected chi connectivity index (χ4v) is 2.62. The molecule has 12 N–H and O–H groups in total. The summed E-state index contributed by atoms with van der Waals surface area (Å²) in [6.45, 7) is 3.28. The zero-order valence-corrected chi connectivity index (χ0v) is 18.3. The van der Waals surface area contributed by atoms with Gasteiger partial charge in [0.25, 0.3) is 0 Å². The minimum absolute atomic E-state index is 0.363. The molecule has 0 spiro atoms. The van der Waals surface area contributed by atoms with Gasteiger partial charge in [0.15, 0.2) is 0 Å². The highest BCUT2D eigenvalue weighted by atomic mass is 16.4. The molecule has 6 amide bonds. The van der Waals surface area contributed by atoms with Crippen molar-refractivity contribution in [3.05, 3.63) is 0 Å². The Morgan fingerprint density at radius 3 is 1.61 bits per heavy atom. The Labute approximate surface area is 189 Å².